The minimum absolute atomic E-state index is 0.0683. The lowest BCUT2D eigenvalue weighted by molar-refractivity contribution is 0.0659. The zero-order valence-electron chi connectivity index (χ0n) is 18.5. The van der Waals surface area contributed by atoms with Gasteiger partial charge < -0.3 is 9.72 Å². The van der Waals surface area contributed by atoms with E-state index >= 15 is 0 Å². The van der Waals surface area contributed by atoms with E-state index in [0.29, 0.717) is 22.9 Å². The summed E-state index contributed by atoms with van der Waals surface area (Å²) in [6.07, 6.45) is 7.90. The number of pyridine rings is 3. The number of nitriles is 1. The van der Waals surface area contributed by atoms with Gasteiger partial charge in [-0.05, 0) is 49.3 Å². The van der Waals surface area contributed by atoms with Crippen LogP contribution in [0.1, 0.15) is 69.3 Å². The van der Waals surface area contributed by atoms with Crippen molar-refractivity contribution < 1.29 is 4.74 Å². The number of aromatic amines is 1. The third-order valence-electron chi connectivity index (χ3n) is 6.29. The zero-order chi connectivity index (χ0) is 22.2. The number of hydrogen-bond acceptors (Lipinski definition) is 5. The molecule has 1 N–H and O–H groups in total. The molecule has 4 rings (SSSR count). The molecule has 0 unspecified atom stereocenters. The summed E-state index contributed by atoms with van der Waals surface area (Å²) in [6.45, 7) is 6.48. The van der Waals surface area contributed by atoms with E-state index in [1.807, 2.05) is 12.3 Å². The average molecular weight is 417 g/mol. The van der Waals surface area contributed by atoms with Crippen LogP contribution in [0.25, 0.3) is 22.2 Å². The molecular formula is C25H28N4O2. The standard InChI is InChI=1S/C25H28N4O2/c1-25(2,3)23-11-17(15-5-7-16(31-4)8-6-15)18(14-28-23)20-12-22(30)24-19(29-20)9-10-27-21(24)13-26/h9-12,14-16H,5-8H2,1-4H3,(H,29,30)/t15-,16+. The van der Waals surface area contributed by atoms with E-state index in [1.54, 1.807) is 25.4 Å². The fourth-order valence-corrected chi connectivity index (χ4v) is 4.48. The van der Waals surface area contributed by atoms with Gasteiger partial charge in [0.1, 0.15) is 6.07 Å². The van der Waals surface area contributed by atoms with Crippen LogP contribution in [0.15, 0.2) is 35.4 Å². The van der Waals surface area contributed by atoms with Crippen LogP contribution < -0.4 is 5.43 Å². The molecule has 1 aliphatic carbocycles. The number of hydrogen-bond donors (Lipinski definition) is 1. The maximum absolute atomic E-state index is 12.9. The maximum atomic E-state index is 12.9. The topological polar surface area (TPSA) is 91.7 Å². The van der Waals surface area contributed by atoms with Crippen molar-refractivity contribution in [1.29, 1.82) is 5.26 Å². The molecule has 160 valence electrons. The van der Waals surface area contributed by atoms with Crippen molar-refractivity contribution in [1.82, 2.24) is 15.0 Å². The van der Waals surface area contributed by atoms with Gasteiger partial charge in [-0.15, -0.1) is 0 Å². The Bertz CT molecular complexity index is 1210. The van der Waals surface area contributed by atoms with Crippen LogP contribution in [0.2, 0.25) is 0 Å². The summed E-state index contributed by atoms with van der Waals surface area (Å²) in [5, 5.41) is 9.65. The summed E-state index contributed by atoms with van der Waals surface area (Å²) in [5.41, 5.74) is 4.42. The Morgan fingerprint density at radius 3 is 2.55 bits per heavy atom. The van der Waals surface area contributed by atoms with Gasteiger partial charge in [-0.25, -0.2) is 4.98 Å². The highest BCUT2D eigenvalue weighted by molar-refractivity contribution is 5.85. The van der Waals surface area contributed by atoms with Gasteiger partial charge in [0.05, 0.1) is 22.7 Å². The summed E-state index contributed by atoms with van der Waals surface area (Å²) in [6, 6.07) is 7.53. The van der Waals surface area contributed by atoms with Gasteiger partial charge >= 0.3 is 0 Å². The Morgan fingerprint density at radius 1 is 1.16 bits per heavy atom. The summed E-state index contributed by atoms with van der Waals surface area (Å²) < 4.78 is 5.56. The maximum Gasteiger partial charge on any atom is 0.192 e. The van der Waals surface area contributed by atoms with E-state index in [-0.39, 0.29) is 16.5 Å². The van der Waals surface area contributed by atoms with E-state index in [9.17, 15) is 10.1 Å². The molecule has 3 heterocycles. The molecule has 3 aromatic rings. The molecule has 0 amide bonds. The Hall–Kier alpha value is -3.04. The number of nitrogens with one attached hydrogen (secondary N) is 1. The van der Waals surface area contributed by atoms with Gasteiger partial charge in [0, 0.05) is 42.2 Å². The lowest BCUT2D eigenvalue weighted by Crippen LogP contribution is -2.21. The largest absolute Gasteiger partial charge is 0.381 e. The lowest BCUT2D eigenvalue weighted by atomic mass is 9.79. The SMILES string of the molecule is CO[C@H]1CC[C@@H](c2cc(C(C)(C)C)ncc2-c2cc(=O)c3c(C#N)nccc3[nH]2)CC1. The number of methoxy groups -OCH3 is 1. The first-order valence-corrected chi connectivity index (χ1v) is 10.8. The van der Waals surface area contributed by atoms with Gasteiger partial charge in [-0.2, -0.15) is 5.26 Å². The third kappa shape index (κ3) is 4.11. The molecule has 0 radical (unpaired) electrons. The Balaban J connectivity index is 1.87. The first-order valence-electron chi connectivity index (χ1n) is 10.8. The first kappa shape index (κ1) is 21.2. The minimum atomic E-state index is -0.206. The van der Waals surface area contributed by atoms with Crippen LogP contribution in [0.5, 0.6) is 0 Å². The van der Waals surface area contributed by atoms with Crippen LogP contribution in [0.3, 0.4) is 0 Å². The molecule has 6 nitrogen and oxygen atoms in total. The first-order chi connectivity index (χ1) is 14.8. The minimum Gasteiger partial charge on any atom is -0.381 e. The smallest absolute Gasteiger partial charge is 0.192 e. The van der Waals surface area contributed by atoms with Crippen LogP contribution in [-0.2, 0) is 10.2 Å². The van der Waals surface area contributed by atoms with Crippen LogP contribution >= 0.6 is 0 Å². The van der Waals surface area contributed by atoms with Gasteiger partial charge in [0.15, 0.2) is 11.1 Å². The molecule has 0 aromatic carbocycles. The number of fused-ring (bicyclic) bond motifs is 1. The molecule has 1 aliphatic rings. The average Bonchev–Trinajstić information content (AvgIpc) is 2.77. The second-order valence-electron chi connectivity index (χ2n) is 9.36. The van der Waals surface area contributed by atoms with Crippen molar-refractivity contribution in [3.8, 4) is 17.3 Å². The summed E-state index contributed by atoms with van der Waals surface area (Å²) in [7, 11) is 1.78. The molecule has 0 atom stereocenters. The number of rotatable bonds is 3. The number of nitrogens with zero attached hydrogens (tertiary/aromatic N) is 3. The third-order valence-corrected chi connectivity index (χ3v) is 6.29. The van der Waals surface area contributed by atoms with Gasteiger partial charge in [0.25, 0.3) is 0 Å². The molecule has 0 saturated heterocycles. The molecule has 6 heteroatoms. The molecule has 0 bridgehead atoms. The van der Waals surface area contributed by atoms with E-state index in [4.69, 9.17) is 9.72 Å². The number of H-pyrrole nitrogens is 1. The van der Waals surface area contributed by atoms with Crippen molar-refractivity contribution in [3.63, 3.8) is 0 Å². The van der Waals surface area contributed by atoms with Crippen LogP contribution in [0.4, 0.5) is 0 Å². The highest BCUT2D eigenvalue weighted by Crippen LogP contribution is 2.39. The predicted octanol–water partition coefficient (Wildman–Crippen LogP) is 4.83. The van der Waals surface area contributed by atoms with Crippen molar-refractivity contribution in [3.05, 3.63) is 57.8 Å². The molecule has 0 spiro atoms. The highest BCUT2D eigenvalue weighted by atomic mass is 16.5. The fourth-order valence-electron chi connectivity index (χ4n) is 4.48. The molecule has 3 aromatic heterocycles. The molecule has 0 aliphatic heterocycles. The summed E-state index contributed by atoms with van der Waals surface area (Å²) in [4.78, 5) is 25.0. The van der Waals surface area contributed by atoms with E-state index < -0.39 is 0 Å². The van der Waals surface area contributed by atoms with Crippen molar-refractivity contribution in [2.24, 2.45) is 0 Å². The van der Waals surface area contributed by atoms with Crippen molar-refractivity contribution in [2.75, 3.05) is 7.11 Å². The monoisotopic (exact) mass is 416 g/mol. The van der Waals surface area contributed by atoms with E-state index in [0.717, 1.165) is 42.6 Å². The molecular weight excluding hydrogens is 388 g/mol. The fraction of sp³-hybridized carbons (Fsp3) is 0.440. The number of ether oxygens (including phenoxy) is 1. The Kier molecular flexibility index (Phi) is 5.63. The predicted molar refractivity (Wildman–Crippen MR) is 121 cm³/mol. The molecule has 1 fully saturated rings. The Morgan fingerprint density at radius 2 is 1.90 bits per heavy atom. The van der Waals surface area contributed by atoms with Crippen LogP contribution in [-0.4, -0.2) is 28.2 Å². The lowest BCUT2D eigenvalue weighted by Gasteiger charge is -2.30. The summed E-state index contributed by atoms with van der Waals surface area (Å²) in [5.74, 6) is 0.386. The zero-order valence-corrected chi connectivity index (χ0v) is 18.5. The van der Waals surface area contributed by atoms with Gasteiger partial charge in [-0.1, -0.05) is 20.8 Å². The molecule has 1 saturated carbocycles. The number of aromatic nitrogens is 3. The van der Waals surface area contributed by atoms with Gasteiger partial charge in [-0.3, -0.25) is 9.78 Å². The van der Waals surface area contributed by atoms with E-state index in [1.165, 1.54) is 5.56 Å². The van der Waals surface area contributed by atoms with Gasteiger partial charge in [0.2, 0.25) is 0 Å². The summed E-state index contributed by atoms with van der Waals surface area (Å²) >= 11 is 0. The van der Waals surface area contributed by atoms with Crippen molar-refractivity contribution in [2.45, 2.75) is 63.9 Å². The van der Waals surface area contributed by atoms with E-state index in [2.05, 4.69) is 36.8 Å². The molecule has 31 heavy (non-hydrogen) atoms. The Labute approximate surface area is 182 Å². The van der Waals surface area contributed by atoms with Crippen molar-refractivity contribution >= 4 is 10.9 Å². The highest BCUT2D eigenvalue weighted by Gasteiger charge is 2.27. The van der Waals surface area contributed by atoms with Crippen LogP contribution in [0, 0.1) is 11.3 Å². The quantitative estimate of drug-likeness (QED) is 0.660. The normalized spacial score (nSPS) is 19.3. The second-order valence-corrected chi connectivity index (χ2v) is 9.36. The second kappa shape index (κ2) is 8.24.